The molecule has 2 heterocycles. The first-order valence-corrected chi connectivity index (χ1v) is 8.40. The van der Waals surface area contributed by atoms with Crippen LogP contribution < -0.4 is 10.9 Å². The molecule has 1 fully saturated rings. The number of amides is 1. The topological polar surface area (TPSA) is 62.2 Å². The van der Waals surface area contributed by atoms with Crippen LogP contribution in [0.5, 0.6) is 0 Å². The largest absolute Gasteiger partial charge is 0.343 e. The number of likely N-dealkylation sites (N-methyl/N-ethyl adjacent to an activating group) is 1. The van der Waals surface area contributed by atoms with Gasteiger partial charge >= 0.3 is 0 Å². The van der Waals surface area contributed by atoms with Crippen LogP contribution in [-0.2, 0) is 11.3 Å². The van der Waals surface area contributed by atoms with Crippen LogP contribution in [-0.4, -0.2) is 40.2 Å². The molecular formula is C17H22ClN5O. The van der Waals surface area contributed by atoms with Gasteiger partial charge in [0, 0.05) is 31.9 Å². The summed E-state index contributed by atoms with van der Waals surface area (Å²) in [6.45, 7) is 2.67. The summed E-state index contributed by atoms with van der Waals surface area (Å²) in [5, 5.41) is 4.81. The number of rotatable bonds is 5. The molecule has 1 aliphatic heterocycles. The van der Waals surface area contributed by atoms with Crippen molar-refractivity contribution >= 4 is 17.5 Å². The van der Waals surface area contributed by atoms with E-state index in [-0.39, 0.29) is 24.5 Å². The highest BCUT2D eigenvalue weighted by Gasteiger charge is 2.26. The fourth-order valence-electron chi connectivity index (χ4n) is 2.91. The molecule has 7 heteroatoms. The molecule has 1 aliphatic rings. The van der Waals surface area contributed by atoms with Crippen LogP contribution in [0, 0.1) is 6.92 Å². The number of carbonyl (C=O) groups is 1. The lowest BCUT2D eigenvalue weighted by molar-refractivity contribution is -0.131. The van der Waals surface area contributed by atoms with Gasteiger partial charge < -0.3 is 4.90 Å². The van der Waals surface area contributed by atoms with Gasteiger partial charge in [-0.25, -0.2) is 5.43 Å². The molecule has 0 bridgehead atoms. The Kier molecular flexibility index (Phi) is 5.18. The second-order valence-corrected chi connectivity index (χ2v) is 6.63. The lowest BCUT2D eigenvalue weighted by Gasteiger charge is -2.21. The van der Waals surface area contributed by atoms with Crippen molar-refractivity contribution in [1.82, 2.24) is 25.5 Å². The average Bonchev–Trinajstić information content (AvgIpc) is 3.15. The molecule has 0 radical (unpaired) electrons. The number of hydrazine groups is 1. The molecule has 1 aromatic carbocycles. The summed E-state index contributed by atoms with van der Waals surface area (Å²) in [6, 6.07) is 10.8. The van der Waals surface area contributed by atoms with Crippen molar-refractivity contribution in [2.75, 3.05) is 13.6 Å². The first-order valence-electron chi connectivity index (χ1n) is 8.02. The monoisotopic (exact) mass is 347 g/mol. The highest BCUT2D eigenvalue weighted by atomic mass is 35.5. The molecule has 2 atom stereocenters. The minimum Gasteiger partial charge on any atom is -0.343 e. The molecule has 128 valence electrons. The predicted molar refractivity (Wildman–Crippen MR) is 93.5 cm³/mol. The van der Waals surface area contributed by atoms with Gasteiger partial charge in [0.1, 0.15) is 6.54 Å². The number of aromatic nitrogens is 2. The van der Waals surface area contributed by atoms with Gasteiger partial charge in [-0.05, 0) is 18.9 Å². The zero-order chi connectivity index (χ0) is 17.1. The van der Waals surface area contributed by atoms with Gasteiger partial charge in [0.2, 0.25) is 5.91 Å². The smallest absolute Gasteiger partial charge is 0.244 e. The molecule has 6 nitrogen and oxygen atoms in total. The maximum atomic E-state index is 12.3. The number of aryl methyl sites for hydroxylation is 1. The van der Waals surface area contributed by atoms with E-state index in [0.717, 1.165) is 12.1 Å². The minimum absolute atomic E-state index is 0.0131. The van der Waals surface area contributed by atoms with Crippen LogP contribution in [0.2, 0.25) is 5.02 Å². The van der Waals surface area contributed by atoms with Crippen LogP contribution in [0.4, 0.5) is 0 Å². The normalized spacial score (nSPS) is 20.3. The molecule has 3 rings (SSSR count). The lowest BCUT2D eigenvalue weighted by atomic mass is 10.0. The summed E-state index contributed by atoms with van der Waals surface area (Å²) >= 11 is 5.98. The summed E-state index contributed by atoms with van der Waals surface area (Å²) in [5.74, 6) is 0.0131. The molecule has 0 spiro atoms. The standard InChI is InChI=1S/C17H22ClN5O/c1-12-15(18)10-23(21-12)11-17(24)22(2)9-14-8-16(20-19-14)13-6-4-3-5-7-13/h3-7,10,14,16,19-20H,8-9,11H2,1-2H3. The molecule has 2 aromatic rings. The van der Waals surface area contributed by atoms with Crippen molar-refractivity contribution < 1.29 is 4.79 Å². The van der Waals surface area contributed by atoms with E-state index in [0.29, 0.717) is 11.6 Å². The Hall–Kier alpha value is -1.89. The molecule has 1 aromatic heterocycles. The Bertz CT molecular complexity index is 683. The van der Waals surface area contributed by atoms with Crippen molar-refractivity contribution in [3.8, 4) is 0 Å². The van der Waals surface area contributed by atoms with Gasteiger partial charge in [0.05, 0.1) is 10.7 Å². The fraction of sp³-hybridized carbons (Fsp3) is 0.412. The third kappa shape index (κ3) is 3.95. The van der Waals surface area contributed by atoms with Crippen LogP contribution >= 0.6 is 11.6 Å². The summed E-state index contributed by atoms with van der Waals surface area (Å²) in [7, 11) is 1.82. The quantitative estimate of drug-likeness (QED) is 0.867. The first kappa shape index (κ1) is 17.0. The number of hydrogen-bond donors (Lipinski definition) is 2. The van der Waals surface area contributed by atoms with E-state index in [1.54, 1.807) is 15.8 Å². The Morgan fingerprint density at radius 1 is 1.38 bits per heavy atom. The Morgan fingerprint density at radius 2 is 2.12 bits per heavy atom. The van der Waals surface area contributed by atoms with E-state index in [9.17, 15) is 4.79 Å². The van der Waals surface area contributed by atoms with E-state index in [2.05, 4.69) is 28.1 Å². The number of hydrogen-bond acceptors (Lipinski definition) is 4. The van der Waals surface area contributed by atoms with E-state index in [4.69, 9.17) is 11.6 Å². The molecule has 1 amide bonds. The zero-order valence-electron chi connectivity index (χ0n) is 13.9. The van der Waals surface area contributed by atoms with Crippen molar-refractivity contribution in [1.29, 1.82) is 0 Å². The molecule has 0 saturated carbocycles. The average molecular weight is 348 g/mol. The van der Waals surface area contributed by atoms with Gasteiger partial charge in [-0.2, -0.15) is 5.10 Å². The SMILES string of the molecule is Cc1nn(CC(=O)N(C)CC2CC(c3ccccc3)NN2)cc1Cl. The fourth-order valence-corrected chi connectivity index (χ4v) is 3.06. The highest BCUT2D eigenvalue weighted by molar-refractivity contribution is 6.31. The second-order valence-electron chi connectivity index (χ2n) is 6.22. The molecule has 0 aliphatic carbocycles. The Labute approximate surface area is 146 Å². The van der Waals surface area contributed by atoms with Gasteiger partial charge in [-0.3, -0.25) is 14.9 Å². The molecule has 1 saturated heterocycles. The van der Waals surface area contributed by atoms with Crippen LogP contribution in [0.25, 0.3) is 0 Å². The number of halogens is 1. The summed E-state index contributed by atoms with van der Waals surface area (Å²) < 4.78 is 1.59. The third-order valence-electron chi connectivity index (χ3n) is 4.29. The van der Waals surface area contributed by atoms with Crippen molar-refractivity contribution in [3.63, 3.8) is 0 Å². The second kappa shape index (κ2) is 7.34. The number of nitrogens with one attached hydrogen (secondary N) is 2. The van der Waals surface area contributed by atoms with Crippen LogP contribution in [0.3, 0.4) is 0 Å². The van der Waals surface area contributed by atoms with E-state index in [1.165, 1.54) is 5.56 Å². The molecule has 24 heavy (non-hydrogen) atoms. The van der Waals surface area contributed by atoms with Gasteiger partial charge in [0.15, 0.2) is 0 Å². The lowest BCUT2D eigenvalue weighted by Crippen LogP contribution is -2.42. The van der Waals surface area contributed by atoms with Crippen molar-refractivity contribution in [3.05, 3.63) is 52.8 Å². The Balaban J connectivity index is 1.51. The van der Waals surface area contributed by atoms with Crippen molar-refractivity contribution in [2.24, 2.45) is 0 Å². The van der Waals surface area contributed by atoms with Gasteiger partial charge in [-0.15, -0.1) is 0 Å². The molecular weight excluding hydrogens is 326 g/mol. The van der Waals surface area contributed by atoms with Gasteiger partial charge in [-0.1, -0.05) is 41.9 Å². The zero-order valence-corrected chi connectivity index (χ0v) is 14.6. The van der Waals surface area contributed by atoms with Crippen LogP contribution in [0.15, 0.2) is 36.5 Å². The molecule has 2 N–H and O–H groups in total. The van der Waals surface area contributed by atoms with E-state index in [1.807, 2.05) is 32.2 Å². The summed E-state index contributed by atoms with van der Waals surface area (Å²) in [6.07, 6.45) is 2.62. The Morgan fingerprint density at radius 3 is 2.79 bits per heavy atom. The summed E-state index contributed by atoms with van der Waals surface area (Å²) in [5.41, 5.74) is 8.57. The van der Waals surface area contributed by atoms with Crippen LogP contribution in [0.1, 0.15) is 23.7 Å². The minimum atomic E-state index is 0.0131. The predicted octanol–water partition coefficient (Wildman–Crippen LogP) is 1.91. The third-order valence-corrected chi connectivity index (χ3v) is 4.66. The maximum absolute atomic E-state index is 12.3. The first-order chi connectivity index (χ1) is 11.5. The van der Waals surface area contributed by atoms with Gasteiger partial charge in [0.25, 0.3) is 0 Å². The summed E-state index contributed by atoms with van der Waals surface area (Å²) in [4.78, 5) is 14.1. The van der Waals surface area contributed by atoms with Crippen molar-refractivity contribution in [2.45, 2.75) is 32.0 Å². The highest BCUT2D eigenvalue weighted by Crippen LogP contribution is 2.22. The number of carbonyl (C=O) groups excluding carboxylic acids is 1. The van der Waals surface area contributed by atoms with E-state index < -0.39 is 0 Å². The number of benzene rings is 1. The maximum Gasteiger partial charge on any atom is 0.244 e. The molecule has 2 unspecified atom stereocenters. The number of nitrogens with zero attached hydrogens (tertiary/aromatic N) is 3. The van der Waals surface area contributed by atoms with E-state index >= 15 is 0 Å².